The Balaban J connectivity index is 2.75. The number of halogens is 2. The van der Waals surface area contributed by atoms with Crippen LogP contribution < -0.4 is 5.32 Å². The van der Waals surface area contributed by atoms with Gasteiger partial charge >= 0.3 is 0 Å². The minimum absolute atomic E-state index is 0.217. The lowest BCUT2D eigenvalue weighted by atomic mass is 10.0. The fourth-order valence-corrected chi connectivity index (χ4v) is 2.20. The summed E-state index contributed by atoms with van der Waals surface area (Å²) < 4.78 is 13.7. The van der Waals surface area contributed by atoms with Gasteiger partial charge in [-0.2, -0.15) is 0 Å². The van der Waals surface area contributed by atoms with E-state index in [-0.39, 0.29) is 11.9 Å². The normalized spacial score (nSPS) is 13.0. The molecule has 2 nitrogen and oxygen atoms in total. The summed E-state index contributed by atoms with van der Waals surface area (Å²) in [6.45, 7) is 3.92. The van der Waals surface area contributed by atoms with Crippen molar-refractivity contribution in [2.45, 2.75) is 25.8 Å². The molecule has 0 bridgehead atoms. The molecule has 1 aromatic carbocycles. The molecule has 1 unspecified atom stereocenters. The third-order valence-corrected chi connectivity index (χ3v) is 3.13. The first-order chi connectivity index (χ1) is 8.54. The number of hydrogen-bond donors (Lipinski definition) is 1. The van der Waals surface area contributed by atoms with E-state index in [1.807, 2.05) is 14.1 Å². The van der Waals surface area contributed by atoms with E-state index in [2.05, 4.69) is 17.1 Å². The van der Waals surface area contributed by atoms with E-state index in [1.165, 1.54) is 6.07 Å². The molecule has 1 N–H and O–H groups in total. The lowest BCUT2D eigenvalue weighted by molar-refractivity contribution is 0.334. The van der Waals surface area contributed by atoms with Crippen molar-refractivity contribution in [1.82, 2.24) is 10.2 Å². The molecule has 0 amide bonds. The van der Waals surface area contributed by atoms with E-state index >= 15 is 0 Å². The predicted molar refractivity (Wildman–Crippen MR) is 75.7 cm³/mol. The zero-order valence-electron chi connectivity index (χ0n) is 11.3. The average Bonchev–Trinajstić information content (AvgIpc) is 2.30. The van der Waals surface area contributed by atoms with Gasteiger partial charge in [-0.25, -0.2) is 4.39 Å². The molecule has 0 saturated carbocycles. The van der Waals surface area contributed by atoms with Crippen molar-refractivity contribution in [3.8, 4) is 0 Å². The van der Waals surface area contributed by atoms with Crippen LogP contribution in [0.25, 0.3) is 0 Å². The van der Waals surface area contributed by atoms with Crippen LogP contribution >= 0.6 is 11.6 Å². The summed E-state index contributed by atoms with van der Waals surface area (Å²) in [5, 5.41) is 3.95. The Bertz CT molecular complexity index is 349. The van der Waals surface area contributed by atoms with Gasteiger partial charge in [-0.3, -0.25) is 0 Å². The van der Waals surface area contributed by atoms with Crippen LogP contribution in [-0.4, -0.2) is 38.1 Å². The van der Waals surface area contributed by atoms with Gasteiger partial charge in [0.2, 0.25) is 0 Å². The Labute approximate surface area is 114 Å². The number of benzene rings is 1. The van der Waals surface area contributed by atoms with E-state index in [1.54, 1.807) is 12.1 Å². The molecule has 1 rings (SSSR count). The Kier molecular flexibility index (Phi) is 6.61. The van der Waals surface area contributed by atoms with Crippen molar-refractivity contribution in [3.05, 3.63) is 34.6 Å². The third-order valence-electron chi connectivity index (χ3n) is 2.78. The minimum Gasteiger partial charge on any atom is -0.312 e. The van der Waals surface area contributed by atoms with Gasteiger partial charge in [0.05, 0.1) is 0 Å². The van der Waals surface area contributed by atoms with Crippen LogP contribution in [0.15, 0.2) is 18.2 Å². The smallest absolute Gasteiger partial charge is 0.127 e. The minimum atomic E-state index is -0.218. The van der Waals surface area contributed by atoms with Crippen LogP contribution in [0.1, 0.15) is 18.9 Å². The van der Waals surface area contributed by atoms with E-state index in [0.717, 1.165) is 19.5 Å². The van der Waals surface area contributed by atoms with Crippen molar-refractivity contribution < 1.29 is 4.39 Å². The Morgan fingerprint density at radius 3 is 2.67 bits per heavy atom. The van der Waals surface area contributed by atoms with Crippen molar-refractivity contribution in [2.24, 2.45) is 0 Å². The van der Waals surface area contributed by atoms with Gasteiger partial charge in [0.25, 0.3) is 0 Å². The summed E-state index contributed by atoms with van der Waals surface area (Å²) in [4.78, 5) is 2.10. The molecule has 0 aliphatic carbocycles. The Morgan fingerprint density at radius 2 is 2.11 bits per heavy atom. The van der Waals surface area contributed by atoms with Crippen molar-refractivity contribution >= 4 is 11.6 Å². The van der Waals surface area contributed by atoms with Crippen molar-refractivity contribution in [2.75, 3.05) is 27.2 Å². The third kappa shape index (κ3) is 4.92. The standard InChI is InChI=1S/C14H22ClFN2/c1-4-8-17-11(10-18(2)3)9-12-13(15)6-5-7-14(12)16/h5-7,11,17H,4,8-10H2,1-3H3. The van der Waals surface area contributed by atoms with Gasteiger partial charge in [0, 0.05) is 23.2 Å². The SMILES string of the molecule is CCCNC(Cc1c(F)cccc1Cl)CN(C)C. The first-order valence-corrected chi connectivity index (χ1v) is 6.73. The number of likely N-dealkylation sites (N-methyl/N-ethyl adjacent to an activating group) is 1. The molecule has 0 aromatic heterocycles. The van der Waals surface area contributed by atoms with Crippen LogP contribution in [0.2, 0.25) is 5.02 Å². The number of rotatable bonds is 7. The second-order valence-corrected chi connectivity index (χ2v) is 5.22. The van der Waals surface area contributed by atoms with E-state index in [9.17, 15) is 4.39 Å². The Hall–Kier alpha value is -0.640. The summed E-state index contributed by atoms with van der Waals surface area (Å²) in [7, 11) is 4.03. The van der Waals surface area contributed by atoms with Gasteiger partial charge in [0.1, 0.15) is 5.82 Å². The first-order valence-electron chi connectivity index (χ1n) is 6.35. The second kappa shape index (κ2) is 7.72. The molecule has 0 spiro atoms. The van der Waals surface area contributed by atoms with E-state index in [0.29, 0.717) is 17.0 Å². The molecule has 0 saturated heterocycles. The summed E-state index contributed by atoms with van der Waals surface area (Å²) in [5.74, 6) is -0.218. The van der Waals surface area contributed by atoms with Crippen molar-refractivity contribution in [3.63, 3.8) is 0 Å². The maximum atomic E-state index is 13.7. The first kappa shape index (κ1) is 15.4. The highest BCUT2D eigenvalue weighted by Gasteiger charge is 2.15. The second-order valence-electron chi connectivity index (χ2n) is 4.82. The van der Waals surface area contributed by atoms with Gasteiger partial charge in [-0.15, -0.1) is 0 Å². The highest BCUT2D eigenvalue weighted by Crippen LogP contribution is 2.20. The summed E-state index contributed by atoms with van der Waals surface area (Å²) in [6.07, 6.45) is 1.68. The average molecular weight is 273 g/mol. The van der Waals surface area contributed by atoms with Gasteiger partial charge in [-0.1, -0.05) is 24.6 Å². The summed E-state index contributed by atoms with van der Waals surface area (Å²) in [6, 6.07) is 5.07. The van der Waals surface area contributed by atoms with Crippen LogP contribution in [0.4, 0.5) is 4.39 Å². The number of nitrogens with one attached hydrogen (secondary N) is 1. The van der Waals surface area contributed by atoms with Crippen LogP contribution in [0.5, 0.6) is 0 Å². The summed E-state index contributed by atoms with van der Waals surface area (Å²) in [5.41, 5.74) is 0.606. The number of nitrogens with zero attached hydrogens (tertiary/aromatic N) is 1. The predicted octanol–water partition coefficient (Wildman–Crippen LogP) is 2.95. The molecule has 1 aromatic rings. The highest BCUT2D eigenvalue weighted by molar-refractivity contribution is 6.31. The van der Waals surface area contributed by atoms with Crippen molar-refractivity contribution in [1.29, 1.82) is 0 Å². The topological polar surface area (TPSA) is 15.3 Å². The molecular weight excluding hydrogens is 251 g/mol. The molecule has 0 heterocycles. The molecule has 0 fully saturated rings. The molecule has 1 atom stereocenters. The zero-order chi connectivity index (χ0) is 13.5. The molecule has 0 aliphatic rings. The van der Waals surface area contributed by atoms with Gasteiger partial charge in [-0.05, 0) is 45.6 Å². The lowest BCUT2D eigenvalue weighted by Gasteiger charge is -2.23. The largest absolute Gasteiger partial charge is 0.312 e. The zero-order valence-corrected chi connectivity index (χ0v) is 12.1. The van der Waals surface area contributed by atoms with Crippen LogP contribution in [-0.2, 0) is 6.42 Å². The lowest BCUT2D eigenvalue weighted by Crippen LogP contribution is -2.40. The Morgan fingerprint density at radius 1 is 1.39 bits per heavy atom. The fourth-order valence-electron chi connectivity index (χ4n) is 1.96. The fraction of sp³-hybridized carbons (Fsp3) is 0.571. The number of hydrogen-bond acceptors (Lipinski definition) is 2. The quantitative estimate of drug-likeness (QED) is 0.821. The van der Waals surface area contributed by atoms with Gasteiger partial charge in [0.15, 0.2) is 0 Å². The molecule has 102 valence electrons. The van der Waals surface area contributed by atoms with Gasteiger partial charge < -0.3 is 10.2 Å². The molecule has 4 heteroatoms. The summed E-state index contributed by atoms with van der Waals surface area (Å²) >= 11 is 6.06. The van der Waals surface area contributed by atoms with E-state index in [4.69, 9.17) is 11.6 Å². The molecule has 18 heavy (non-hydrogen) atoms. The van der Waals surface area contributed by atoms with Crippen LogP contribution in [0.3, 0.4) is 0 Å². The highest BCUT2D eigenvalue weighted by atomic mass is 35.5. The molecular formula is C14H22ClFN2. The molecule has 0 aliphatic heterocycles. The molecule has 0 radical (unpaired) electrons. The monoisotopic (exact) mass is 272 g/mol. The van der Waals surface area contributed by atoms with Crippen LogP contribution in [0, 0.1) is 5.82 Å². The maximum Gasteiger partial charge on any atom is 0.127 e. The van der Waals surface area contributed by atoms with E-state index < -0.39 is 0 Å². The maximum absolute atomic E-state index is 13.7.